The number of aromatic amines is 1. The number of pyridine rings is 1. The quantitative estimate of drug-likeness (QED) is 0.542. The number of benzene rings is 1. The number of methoxy groups -OCH3 is 1. The van der Waals surface area contributed by atoms with E-state index in [0.29, 0.717) is 11.4 Å². The summed E-state index contributed by atoms with van der Waals surface area (Å²) in [6, 6.07) is 10.7. The van der Waals surface area contributed by atoms with Crippen LogP contribution in [-0.2, 0) is 0 Å². The van der Waals surface area contributed by atoms with E-state index in [2.05, 4.69) is 9.97 Å². The minimum absolute atomic E-state index is 0.0285. The summed E-state index contributed by atoms with van der Waals surface area (Å²) >= 11 is 0. The number of aromatic nitrogens is 3. The van der Waals surface area contributed by atoms with Crippen molar-refractivity contribution in [2.24, 2.45) is 0 Å². The van der Waals surface area contributed by atoms with Gasteiger partial charge in [0.1, 0.15) is 22.8 Å². The maximum Gasteiger partial charge on any atom is 0.349 e. The Morgan fingerprint density at radius 1 is 1.10 bits per heavy atom. The molecule has 3 heterocycles. The van der Waals surface area contributed by atoms with Crippen LogP contribution in [-0.4, -0.2) is 26.8 Å². The van der Waals surface area contributed by atoms with Crippen molar-refractivity contribution >= 4 is 11.0 Å². The Labute approximate surface area is 162 Å². The predicted molar refractivity (Wildman–Crippen MR) is 105 cm³/mol. The molecule has 0 fully saturated rings. The van der Waals surface area contributed by atoms with E-state index in [1.54, 1.807) is 24.3 Å². The number of fused-ring (bicyclic) bond motifs is 1. The van der Waals surface area contributed by atoms with E-state index in [0.717, 1.165) is 0 Å². The highest BCUT2D eigenvalue weighted by Gasteiger charge is 2.17. The van der Waals surface area contributed by atoms with E-state index >= 15 is 0 Å². The van der Waals surface area contributed by atoms with Gasteiger partial charge < -0.3 is 14.3 Å². The molecule has 0 aliphatic rings. The molecule has 0 aliphatic carbocycles. The number of hydrogen-bond donors (Lipinski definition) is 2. The van der Waals surface area contributed by atoms with Crippen molar-refractivity contribution in [1.82, 2.24) is 14.5 Å². The fourth-order valence-electron chi connectivity index (χ4n) is 3.05. The van der Waals surface area contributed by atoms with Gasteiger partial charge in [-0.1, -0.05) is 0 Å². The lowest BCUT2D eigenvalue weighted by Gasteiger charge is -2.11. The molecule has 0 bridgehead atoms. The van der Waals surface area contributed by atoms with Crippen LogP contribution in [0, 0.1) is 6.92 Å². The zero-order chi connectivity index (χ0) is 20.7. The highest BCUT2D eigenvalue weighted by atomic mass is 16.5. The van der Waals surface area contributed by atoms with Crippen LogP contribution >= 0.6 is 0 Å². The fraction of sp³-hybridized carbons (Fsp3) is 0.100. The number of aryl methyl sites for hydroxylation is 1. The van der Waals surface area contributed by atoms with Gasteiger partial charge in [0.25, 0.3) is 5.56 Å². The first-order valence-corrected chi connectivity index (χ1v) is 8.53. The van der Waals surface area contributed by atoms with E-state index in [1.807, 2.05) is 0 Å². The zero-order valence-electron chi connectivity index (χ0n) is 15.4. The largest absolute Gasteiger partial charge is 0.507 e. The Kier molecular flexibility index (Phi) is 4.27. The van der Waals surface area contributed by atoms with Gasteiger partial charge >= 0.3 is 11.3 Å². The molecule has 1 aromatic carbocycles. The standard InChI is InChI=1S/C20H15N3O6/c1-10-9-15(24)16(19(26)29-10)14-8-7-13-17(21-14)23(20(27)22-18(13)25)11-3-5-12(28-2)6-4-11/h3-9,24H,1-2H3,(H,22,25,27). The molecule has 9 heteroatoms. The monoisotopic (exact) mass is 393 g/mol. The molecule has 0 aliphatic heterocycles. The third kappa shape index (κ3) is 3.08. The molecule has 0 unspecified atom stereocenters. The Morgan fingerprint density at radius 2 is 1.83 bits per heavy atom. The Bertz CT molecular complexity index is 1410. The molecule has 9 nitrogen and oxygen atoms in total. The highest BCUT2D eigenvalue weighted by molar-refractivity contribution is 5.80. The molecule has 0 saturated carbocycles. The Morgan fingerprint density at radius 3 is 2.48 bits per heavy atom. The number of nitrogens with one attached hydrogen (secondary N) is 1. The number of nitrogens with zero attached hydrogens (tertiary/aromatic N) is 2. The van der Waals surface area contributed by atoms with Crippen LogP contribution in [0.3, 0.4) is 0 Å². The lowest BCUT2D eigenvalue weighted by Crippen LogP contribution is -2.30. The molecule has 146 valence electrons. The van der Waals surface area contributed by atoms with Crippen molar-refractivity contribution in [3.63, 3.8) is 0 Å². The van der Waals surface area contributed by atoms with E-state index < -0.39 is 16.9 Å². The summed E-state index contributed by atoms with van der Waals surface area (Å²) in [5.74, 6) is 0.517. The summed E-state index contributed by atoms with van der Waals surface area (Å²) in [5.41, 5.74) is -1.73. The van der Waals surface area contributed by atoms with Gasteiger partial charge in [-0.25, -0.2) is 19.1 Å². The van der Waals surface area contributed by atoms with E-state index in [1.165, 1.54) is 36.8 Å². The SMILES string of the molecule is COc1ccc(-n2c(=O)[nH]c(=O)c3ccc(-c4c(O)cc(C)oc4=O)nc32)cc1. The summed E-state index contributed by atoms with van der Waals surface area (Å²) < 4.78 is 11.4. The first-order chi connectivity index (χ1) is 13.9. The minimum Gasteiger partial charge on any atom is -0.507 e. The average Bonchev–Trinajstić information content (AvgIpc) is 2.67. The van der Waals surface area contributed by atoms with Crippen LogP contribution in [0.2, 0.25) is 0 Å². The van der Waals surface area contributed by atoms with Crippen LogP contribution in [0.5, 0.6) is 11.5 Å². The van der Waals surface area contributed by atoms with Crippen LogP contribution in [0.15, 0.2) is 61.3 Å². The van der Waals surface area contributed by atoms with Gasteiger partial charge in [-0.15, -0.1) is 0 Å². The van der Waals surface area contributed by atoms with Gasteiger partial charge in [-0.05, 0) is 43.3 Å². The molecule has 4 rings (SSSR count). The highest BCUT2D eigenvalue weighted by Crippen LogP contribution is 2.26. The zero-order valence-corrected chi connectivity index (χ0v) is 15.4. The van der Waals surface area contributed by atoms with E-state index in [9.17, 15) is 19.5 Å². The molecule has 0 amide bonds. The first-order valence-electron chi connectivity index (χ1n) is 8.53. The number of rotatable bonds is 3. The molecule has 4 aromatic rings. The number of aromatic hydroxyl groups is 1. The molecule has 29 heavy (non-hydrogen) atoms. The number of ether oxygens (including phenoxy) is 1. The van der Waals surface area contributed by atoms with Crippen LogP contribution in [0.25, 0.3) is 28.0 Å². The normalized spacial score (nSPS) is 11.0. The van der Waals surface area contributed by atoms with Gasteiger partial charge in [0.2, 0.25) is 0 Å². The van der Waals surface area contributed by atoms with Crippen molar-refractivity contribution in [1.29, 1.82) is 0 Å². The average molecular weight is 393 g/mol. The van der Waals surface area contributed by atoms with Gasteiger partial charge in [0.15, 0.2) is 5.65 Å². The Balaban J connectivity index is 2.05. The van der Waals surface area contributed by atoms with Gasteiger partial charge in [0.05, 0.1) is 23.9 Å². The van der Waals surface area contributed by atoms with Crippen molar-refractivity contribution < 1.29 is 14.3 Å². The van der Waals surface area contributed by atoms with Crippen molar-refractivity contribution in [3.05, 3.63) is 79.5 Å². The minimum atomic E-state index is -0.780. The van der Waals surface area contributed by atoms with Gasteiger partial charge in [0, 0.05) is 6.07 Å². The topological polar surface area (TPSA) is 127 Å². The Hall–Kier alpha value is -4.14. The third-order valence-electron chi connectivity index (χ3n) is 4.40. The maximum absolute atomic E-state index is 12.5. The fourth-order valence-corrected chi connectivity index (χ4v) is 3.05. The summed E-state index contributed by atoms with van der Waals surface area (Å²) in [4.78, 5) is 43.6. The predicted octanol–water partition coefficient (Wildman–Crippen LogP) is 1.72. The van der Waals surface area contributed by atoms with Crippen LogP contribution in [0.4, 0.5) is 0 Å². The van der Waals surface area contributed by atoms with Crippen LogP contribution in [0.1, 0.15) is 5.76 Å². The molecular formula is C20H15N3O6. The van der Waals surface area contributed by atoms with E-state index in [-0.39, 0.29) is 33.8 Å². The van der Waals surface area contributed by atoms with Gasteiger partial charge in [-0.3, -0.25) is 9.78 Å². The second-order valence-electron chi connectivity index (χ2n) is 6.27. The number of H-pyrrole nitrogens is 1. The summed E-state index contributed by atoms with van der Waals surface area (Å²) in [6.45, 7) is 1.53. The molecule has 0 atom stereocenters. The number of hydrogen-bond acceptors (Lipinski definition) is 7. The molecule has 0 radical (unpaired) electrons. The van der Waals surface area contributed by atoms with E-state index in [4.69, 9.17) is 9.15 Å². The molecule has 0 spiro atoms. The summed E-state index contributed by atoms with van der Waals surface area (Å²) in [6.07, 6.45) is 0. The van der Waals surface area contributed by atoms with Crippen molar-refractivity contribution in [2.75, 3.05) is 7.11 Å². The summed E-state index contributed by atoms with van der Waals surface area (Å²) in [7, 11) is 1.52. The molecule has 0 saturated heterocycles. The second kappa shape index (κ2) is 6.79. The van der Waals surface area contributed by atoms with Crippen molar-refractivity contribution in [2.45, 2.75) is 6.92 Å². The smallest absolute Gasteiger partial charge is 0.349 e. The molecule has 3 aromatic heterocycles. The third-order valence-corrected chi connectivity index (χ3v) is 4.40. The lowest BCUT2D eigenvalue weighted by molar-refractivity contribution is 0.414. The summed E-state index contributed by atoms with van der Waals surface area (Å²) in [5, 5.41) is 10.3. The van der Waals surface area contributed by atoms with Crippen LogP contribution < -0.4 is 21.6 Å². The first kappa shape index (κ1) is 18.2. The molecular weight excluding hydrogens is 378 g/mol. The molecule has 2 N–H and O–H groups in total. The van der Waals surface area contributed by atoms with Crippen molar-refractivity contribution in [3.8, 4) is 28.4 Å². The maximum atomic E-state index is 12.5. The second-order valence-corrected chi connectivity index (χ2v) is 6.27. The lowest BCUT2D eigenvalue weighted by atomic mass is 10.1. The van der Waals surface area contributed by atoms with Gasteiger partial charge in [-0.2, -0.15) is 0 Å².